The molecule has 8 heteroatoms. The van der Waals surface area contributed by atoms with Crippen molar-refractivity contribution in [2.45, 2.75) is 57.0 Å². The van der Waals surface area contributed by atoms with Crippen molar-refractivity contribution in [2.24, 2.45) is 5.92 Å². The van der Waals surface area contributed by atoms with Crippen LogP contribution < -0.4 is 5.32 Å². The zero-order chi connectivity index (χ0) is 20.1. The highest BCUT2D eigenvalue weighted by molar-refractivity contribution is 5.95. The van der Waals surface area contributed by atoms with Gasteiger partial charge in [-0.2, -0.15) is 0 Å². The molecule has 2 aliphatic rings. The summed E-state index contributed by atoms with van der Waals surface area (Å²) in [6.45, 7) is 0.591. The van der Waals surface area contributed by atoms with E-state index in [4.69, 9.17) is 4.74 Å². The minimum absolute atomic E-state index is 0.00920. The second-order valence-electron chi connectivity index (χ2n) is 7.46. The zero-order valence-electron chi connectivity index (χ0n) is 16.1. The van der Waals surface area contributed by atoms with Gasteiger partial charge in [-0.05, 0) is 57.1 Å². The van der Waals surface area contributed by atoms with E-state index in [9.17, 15) is 19.5 Å². The predicted molar refractivity (Wildman–Crippen MR) is 100 cm³/mol. The van der Waals surface area contributed by atoms with Crippen LogP contribution in [0.3, 0.4) is 0 Å². The number of ether oxygens (including phenoxy) is 1. The number of aromatic nitrogens is 1. The Kier molecular flexibility index (Phi) is 6.49. The fraction of sp³-hybridized carbons (Fsp3) is 0.600. The molecular weight excluding hydrogens is 362 g/mol. The van der Waals surface area contributed by atoms with E-state index in [0.717, 1.165) is 12.8 Å². The molecule has 1 aromatic rings. The number of hydrogen-bond donors (Lipinski definition) is 2. The Hall–Kier alpha value is -2.64. The van der Waals surface area contributed by atoms with Crippen LogP contribution in [0.5, 0.6) is 5.75 Å². The normalized spacial score (nSPS) is 25.0. The van der Waals surface area contributed by atoms with Gasteiger partial charge in [-0.3, -0.25) is 9.59 Å². The summed E-state index contributed by atoms with van der Waals surface area (Å²) in [5, 5.41) is 12.6. The number of nitrogens with one attached hydrogen (secondary N) is 1. The fourth-order valence-electron chi connectivity index (χ4n) is 4.12. The Bertz CT molecular complexity index is 730. The average molecular weight is 389 g/mol. The number of hydrogen-bond acceptors (Lipinski definition) is 6. The Labute approximate surface area is 164 Å². The maximum Gasteiger partial charge on any atom is 0.328 e. The monoisotopic (exact) mass is 389 g/mol. The molecule has 2 N–H and O–H groups in total. The second kappa shape index (κ2) is 9.03. The van der Waals surface area contributed by atoms with Crippen LogP contribution in [0.25, 0.3) is 0 Å². The van der Waals surface area contributed by atoms with Crippen LogP contribution in [0.2, 0.25) is 0 Å². The van der Waals surface area contributed by atoms with E-state index >= 15 is 0 Å². The lowest BCUT2D eigenvalue weighted by atomic mass is 9.84. The molecule has 1 aromatic heterocycles. The first-order valence-electron chi connectivity index (χ1n) is 9.84. The number of esters is 1. The molecule has 0 aromatic carbocycles. The lowest BCUT2D eigenvalue weighted by Gasteiger charge is -2.38. The van der Waals surface area contributed by atoms with Gasteiger partial charge in [0.1, 0.15) is 11.8 Å². The molecule has 1 saturated heterocycles. The van der Waals surface area contributed by atoms with Gasteiger partial charge in [-0.15, -0.1) is 0 Å². The minimum Gasteiger partial charge on any atom is -0.505 e. The van der Waals surface area contributed by atoms with Crippen molar-refractivity contribution >= 4 is 17.8 Å². The summed E-state index contributed by atoms with van der Waals surface area (Å²) in [6, 6.07) is 2.45. The first kappa shape index (κ1) is 20.1. The first-order valence-corrected chi connectivity index (χ1v) is 9.84. The van der Waals surface area contributed by atoms with Gasteiger partial charge in [0.2, 0.25) is 5.91 Å². The molecule has 1 unspecified atom stereocenters. The maximum atomic E-state index is 13.0. The summed E-state index contributed by atoms with van der Waals surface area (Å²) >= 11 is 0. The number of carbonyl (C=O) groups excluding carboxylic acids is 3. The molecule has 2 amide bonds. The Morgan fingerprint density at radius 1 is 1.18 bits per heavy atom. The Balaban J connectivity index is 1.54. The van der Waals surface area contributed by atoms with Crippen molar-refractivity contribution in [1.82, 2.24) is 15.2 Å². The molecule has 0 bridgehead atoms. The molecule has 0 radical (unpaired) electrons. The van der Waals surface area contributed by atoms with Crippen LogP contribution in [0.15, 0.2) is 18.3 Å². The summed E-state index contributed by atoms with van der Waals surface area (Å²) in [5.74, 6) is -1.02. The third-order valence-electron chi connectivity index (χ3n) is 5.67. The van der Waals surface area contributed by atoms with Gasteiger partial charge in [0.05, 0.1) is 7.11 Å². The van der Waals surface area contributed by atoms with Gasteiger partial charge in [-0.1, -0.05) is 0 Å². The van der Waals surface area contributed by atoms with Gasteiger partial charge in [0.25, 0.3) is 5.91 Å². The minimum atomic E-state index is -0.476. The van der Waals surface area contributed by atoms with E-state index in [0.29, 0.717) is 38.6 Å². The molecule has 3 rings (SSSR count). The number of aromatic hydroxyl groups is 1. The van der Waals surface area contributed by atoms with Gasteiger partial charge < -0.3 is 20.1 Å². The highest BCUT2D eigenvalue weighted by atomic mass is 16.5. The highest BCUT2D eigenvalue weighted by Gasteiger charge is 2.37. The average Bonchev–Trinajstić information content (AvgIpc) is 2.73. The van der Waals surface area contributed by atoms with Gasteiger partial charge in [0, 0.05) is 24.7 Å². The fourth-order valence-corrected chi connectivity index (χ4v) is 4.12. The number of methoxy groups -OCH3 is 1. The van der Waals surface area contributed by atoms with Gasteiger partial charge in [0.15, 0.2) is 5.69 Å². The van der Waals surface area contributed by atoms with Crippen molar-refractivity contribution in [1.29, 1.82) is 0 Å². The summed E-state index contributed by atoms with van der Waals surface area (Å²) in [7, 11) is 1.35. The van der Waals surface area contributed by atoms with E-state index in [1.807, 2.05) is 0 Å². The number of nitrogens with zero attached hydrogens (tertiary/aromatic N) is 2. The SMILES string of the molecule is COC(=O)C1CCCCN1C(=O)C1CCC(NC(=O)c2ncccc2O)CC1. The molecule has 1 saturated carbocycles. The summed E-state index contributed by atoms with van der Waals surface area (Å²) < 4.78 is 4.86. The number of pyridine rings is 1. The van der Waals surface area contributed by atoms with Crippen molar-refractivity contribution in [3.63, 3.8) is 0 Å². The second-order valence-corrected chi connectivity index (χ2v) is 7.46. The van der Waals surface area contributed by atoms with E-state index in [2.05, 4.69) is 10.3 Å². The third-order valence-corrected chi connectivity index (χ3v) is 5.67. The predicted octanol–water partition coefficient (Wildman–Crippen LogP) is 1.63. The number of amides is 2. The number of likely N-dealkylation sites (tertiary alicyclic amines) is 1. The topological polar surface area (TPSA) is 109 Å². The standard InChI is InChI=1S/C20H27N3O5/c1-28-20(27)15-5-2-3-12-23(15)19(26)13-7-9-14(10-8-13)22-18(25)17-16(24)6-4-11-21-17/h4,6,11,13-15,24H,2-3,5,7-10,12H2,1H3,(H,22,25). The van der Waals surface area contributed by atoms with E-state index in [1.165, 1.54) is 19.4 Å². The molecule has 2 fully saturated rings. The summed E-state index contributed by atoms with van der Waals surface area (Å²) in [5.41, 5.74) is 0.00920. The zero-order valence-corrected chi connectivity index (χ0v) is 16.1. The summed E-state index contributed by atoms with van der Waals surface area (Å²) in [6.07, 6.45) is 6.59. The van der Waals surface area contributed by atoms with E-state index in [1.54, 1.807) is 11.0 Å². The smallest absolute Gasteiger partial charge is 0.328 e. The molecule has 8 nitrogen and oxygen atoms in total. The van der Waals surface area contributed by atoms with Crippen LogP contribution in [0.1, 0.15) is 55.4 Å². The maximum absolute atomic E-state index is 13.0. The molecule has 1 aliphatic heterocycles. The molecule has 28 heavy (non-hydrogen) atoms. The molecule has 1 aliphatic carbocycles. The summed E-state index contributed by atoms with van der Waals surface area (Å²) in [4.78, 5) is 42.9. The first-order chi connectivity index (χ1) is 13.5. The quantitative estimate of drug-likeness (QED) is 0.758. The third kappa shape index (κ3) is 4.43. The Morgan fingerprint density at radius 2 is 1.93 bits per heavy atom. The van der Waals surface area contributed by atoms with Crippen molar-refractivity contribution < 1.29 is 24.2 Å². The number of rotatable bonds is 4. The van der Waals surface area contributed by atoms with Crippen molar-refractivity contribution in [3.8, 4) is 5.75 Å². The van der Waals surface area contributed by atoms with Crippen LogP contribution >= 0.6 is 0 Å². The lowest BCUT2D eigenvalue weighted by Crippen LogP contribution is -2.51. The van der Waals surface area contributed by atoms with Crippen LogP contribution in [-0.4, -0.2) is 58.5 Å². The highest BCUT2D eigenvalue weighted by Crippen LogP contribution is 2.29. The molecule has 2 heterocycles. The van der Waals surface area contributed by atoms with Crippen LogP contribution in [0.4, 0.5) is 0 Å². The van der Waals surface area contributed by atoms with Crippen LogP contribution in [0, 0.1) is 5.92 Å². The van der Waals surface area contributed by atoms with Crippen molar-refractivity contribution in [3.05, 3.63) is 24.0 Å². The van der Waals surface area contributed by atoms with Crippen molar-refractivity contribution in [2.75, 3.05) is 13.7 Å². The lowest BCUT2D eigenvalue weighted by molar-refractivity contribution is -0.156. The molecule has 1 atom stereocenters. The van der Waals surface area contributed by atoms with Gasteiger partial charge >= 0.3 is 5.97 Å². The van der Waals surface area contributed by atoms with E-state index in [-0.39, 0.29) is 35.3 Å². The van der Waals surface area contributed by atoms with E-state index < -0.39 is 11.9 Å². The van der Waals surface area contributed by atoms with Crippen LogP contribution in [-0.2, 0) is 14.3 Å². The molecule has 0 spiro atoms. The largest absolute Gasteiger partial charge is 0.505 e. The molecule has 152 valence electrons. The number of carbonyl (C=O) groups is 3. The Morgan fingerprint density at radius 3 is 2.61 bits per heavy atom. The number of piperidine rings is 1. The molecular formula is C20H27N3O5. The van der Waals surface area contributed by atoms with Gasteiger partial charge in [-0.25, -0.2) is 9.78 Å².